The highest BCUT2D eigenvalue weighted by atomic mass is 19.3. The van der Waals surface area contributed by atoms with Crippen LogP contribution in [0.2, 0.25) is 0 Å². The van der Waals surface area contributed by atoms with Crippen molar-refractivity contribution in [2.24, 2.45) is 11.3 Å². The molecule has 1 aromatic rings. The highest BCUT2D eigenvalue weighted by Gasteiger charge is 2.58. The maximum absolute atomic E-state index is 12.4. The number of benzene rings is 1. The van der Waals surface area contributed by atoms with Crippen LogP contribution in [0.4, 0.5) is 8.78 Å². The summed E-state index contributed by atoms with van der Waals surface area (Å²) in [7, 11) is 0. The molecule has 1 heterocycles. The van der Waals surface area contributed by atoms with Gasteiger partial charge in [0.2, 0.25) is 5.91 Å². The van der Waals surface area contributed by atoms with E-state index >= 15 is 0 Å². The Morgan fingerprint density at radius 1 is 1.33 bits per heavy atom. The van der Waals surface area contributed by atoms with Gasteiger partial charge in [0.15, 0.2) is 0 Å². The summed E-state index contributed by atoms with van der Waals surface area (Å²) in [6, 6.07) is 5.66. The van der Waals surface area contributed by atoms with Crippen LogP contribution >= 0.6 is 0 Å². The summed E-state index contributed by atoms with van der Waals surface area (Å²) in [5, 5.41) is 5.43. The third-order valence-corrected chi connectivity index (χ3v) is 5.40. The number of fused-ring (bicyclic) bond motifs is 1. The van der Waals surface area contributed by atoms with E-state index < -0.39 is 12.5 Å². The quantitative estimate of drug-likeness (QED) is 0.792. The Morgan fingerprint density at radius 2 is 2.07 bits per heavy atom. The van der Waals surface area contributed by atoms with E-state index in [0.717, 1.165) is 19.4 Å². The van der Waals surface area contributed by atoms with Gasteiger partial charge in [-0.2, -0.15) is 8.78 Å². The maximum Gasteiger partial charge on any atom is 0.387 e. The number of amides is 2. The van der Waals surface area contributed by atoms with Gasteiger partial charge in [0.25, 0.3) is 5.91 Å². The first kappa shape index (κ1) is 19.5. The summed E-state index contributed by atoms with van der Waals surface area (Å²) < 4.78 is 35.0. The molecule has 1 aliphatic heterocycles. The minimum absolute atomic E-state index is 0.0124. The van der Waals surface area contributed by atoms with Crippen LogP contribution in [-0.2, 0) is 9.53 Å². The first-order chi connectivity index (χ1) is 12.8. The Hall–Kier alpha value is -2.22. The fourth-order valence-electron chi connectivity index (χ4n) is 4.15. The van der Waals surface area contributed by atoms with Crippen LogP contribution in [-0.4, -0.2) is 43.7 Å². The molecule has 3 atom stereocenters. The molecule has 0 bridgehead atoms. The molecule has 0 spiro atoms. The molecule has 3 rings (SSSR count). The molecule has 1 aliphatic carbocycles. The summed E-state index contributed by atoms with van der Waals surface area (Å²) in [5.41, 5.74) is -0.210. The zero-order chi connectivity index (χ0) is 19.6. The number of hydrogen-bond donors (Lipinski definition) is 2. The second-order valence-corrected chi connectivity index (χ2v) is 7.52. The number of hydrogen-bond acceptors (Lipinski definition) is 4. The van der Waals surface area contributed by atoms with Crippen LogP contribution in [0.25, 0.3) is 0 Å². The molecule has 1 saturated carbocycles. The van der Waals surface area contributed by atoms with Crippen LogP contribution in [0, 0.1) is 11.3 Å². The predicted molar refractivity (Wildman–Crippen MR) is 93.6 cm³/mol. The molecule has 2 fully saturated rings. The van der Waals surface area contributed by atoms with Crippen molar-refractivity contribution in [3.63, 3.8) is 0 Å². The van der Waals surface area contributed by atoms with E-state index in [-0.39, 0.29) is 47.2 Å². The summed E-state index contributed by atoms with van der Waals surface area (Å²) in [6.45, 7) is 1.59. The maximum atomic E-state index is 12.4. The SMILES string of the molecule is CC1(C)C(NC(=O)CNC(=O)c2ccccc2OC(F)F)C2CCCOC21. The zero-order valence-corrected chi connectivity index (χ0v) is 15.3. The molecule has 2 aliphatic rings. The molecular formula is C19H24F2N2O4. The summed E-state index contributed by atoms with van der Waals surface area (Å²) in [6.07, 6.45) is 2.12. The van der Waals surface area contributed by atoms with Crippen LogP contribution in [0.1, 0.15) is 37.0 Å². The van der Waals surface area contributed by atoms with Gasteiger partial charge in [0.05, 0.1) is 18.2 Å². The topological polar surface area (TPSA) is 76.7 Å². The van der Waals surface area contributed by atoms with Gasteiger partial charge in [-0.05, 0) is 25.0 Å². The summed E-state index contributed by atoms with van der Waals surface area (Å²) in [5.74, 6) is -0.910. The minimum Gasteiger partial charge on any atom is -0.434 e. The van der Waals surface area contributed by atoms with Gasteiger partial charge in [-0.1, -0.05) is 26.0 Å². The number of ether oxygens (including phenoxy) is 2. The lowest BCUT2D eigenvalue weighted by Crippen LogP contribution is -2.70. The fourth-order valence-corrected chi connectivity index (χ4v) is 4.15. The van der Waals surface area contributed by atoms with Gasteiger partial charge in [0, 0.05) is 24.0 Å². The van der Waals surface area contributed by atoms with Gasteiger partial charge in [-0.25, -0.2) is 0 Å². The van der Waals surface area contributed by atoms with E-state index in [9.17, 15) is 18.4 Å². The Kier molecular flexibility index (Phi) is 5.64. The predicted octanol–water partition coefficient (Wildman–Crippen LogP) is 2.34. The average Bonchev–Trinajstić information content (AvgIpc) is 2.64. The lowest BCUT2D eigenvalue weighted by atomic mass is 9.55. The van der Waals surface area contributed by atoms with Crippen molar-refractivity contribution >= 4 is 11.8 Å². The van der Waals surface area contributed by atoms with Crippen LogP contribution in [0.3, 0.4) is 0 Å². The number of carbonyl (C=O) groups excluding carboxylic acids is 2. The van der Waals surface area contributed by atoms with Gasteiger partial charge < -0.3 is 20.1 Å². The van der Waals surface area contributed by atoms with Gasteiger partial charge in [-0.15, -0.1) is 0 Å². The first-order valence-electron chi connectivity index (χ1n) is 9.03. The smallest absolute Gasteiger partial charge is 0.387 e. The van der Waals surface area contributed by atoms with Crippen molar-refractivity contribution in [2.75, 3.05) is 13.2 Å². The fraction of sp³-hybridized carbons (Fsp3) is 0.579. The zero-order valence-electron chi connectivity index (χ0n) is 15.3. The van der Waals surface area contributed by atoms with Gasteiger partial charge >= 0.3 is 6.61 Å². The molecule has 1 saturated heterocycles. The van der Waals surface area contributed by atoms with E-state index in [2.05, 4.69) is 29.2 Å². The molecule has 27 heavy (non-hydrogen) atoms. The Labute approximate surface area is 156 Å². The Morgan fingerprint density at radius 3 is 2.81 bits per heavy atom. The average molecular weight is 382 g/mol. The number of carbonyl (C=O) groups is 2. The number of halogens is 2. The van der Waals surface area contributed by atoms with Crippen molar-refractivity contribution in [3.8, 4) is 5.75 Å². The molecule has 3 unspecified atom stereocenters. The van der Waals surface area contributed by atoms with Crippen LogP contribution in [0.5, 0.6) is 5.75 Å². The minimum atomic E-state index is -3.03. The third kappa shape index (κ3) is 4.05. The van der Waals surface area contributed by atoms with E-state index in [0.29, 0.717) is 0 Å². The molecule has 148 valence electrons. The Balaban J connectivity index is 1.55. The highest BCUT2D eigenvalue weighted by Crippen LogP contribution is 2.51. The highest BCUT2D eigenvalue weighted by molar-refractivity contribution is 5.98. The van der Waals surface area contributed by atoms with Crippen LogP contribution < -0.4 is 15.4 Å². The normalized spacial score (nSPS) is 25.9. The van der Waals surface area contributed by atoms with Crippen molar-refractivity contribution in [1.29, 1.82) is 0 Å². The number of rotatable bonds is 6. The summed E-state index contributed by atoms with van der Waals surface area (Å²) in [4.78, 5) is 24.5. The second kappa shape index (κ2) is 7.80. The van der Waals surface area contributed by atoms with Gasteiger partial charge in [-0.3, -0.25) is 9.59 Å². The standard InChI is InChI=1S/C19H24F2N2O4/c1-19(2)15(12-7-5-9-26-16(12)19)23-14(24)10-22-17(25)11-6-3-4-8-13(11)27-18(20)21/h3-4,6,8,12,15-16,18H,5,7,9-10H2,1-2H3,(H,22,25)(H,23,24). The monoisotopic (exact) mass is 382 g/mol. The number of alkyl halides is 2. The van der Waals surface area contributed by atoms with Crippen molar-refractivity contribution in [3.05, 3.63) is 29.8 Å². The lowest BCUT2D eigenvalue weighted by molar-refractivity contribution is -0.193. The third-order valence-electron chi connectivity index (χ3n) is 5.40. The Bertz CT molecular complexity index is 711. The molecule has 1 aromatic carbocycles. The molecule has 6 nitrogen and oxygen atoms in total. The lowest BCUT2D eigenvalue weighted by Gasteiger charge is -2.59. The van der Waals surface area contributed by atoms with E-state index in [4.69, 9.17) is 4.74 Å². The van der Waals surface area contributed by atoms with E-state index in [1.807, 2.05) is 0 Å². The molecule has 8 heteroatoms. The van der Waals surface area contributed by atoms with Crippen molar-refractivity contribution < 1.29 is 27.8 Å². The van der Waals surface area contributed by atoms with Gasteiger partial charge in [0.1, 0.15) is 5.75 Å². The van der Waals surface area contributed by atoms with Crippen LogP contribution in [0.15, 0.2) is 24.3 Å². The number of nitrogens with one attached hydrogen (secondary N) is 2. The second-order valence-electron chi connectivity index (χ2n) is 7.52. The van der Waals surface area contributed by atoms with E-state index in [1.165, 1.54) is 24.3 Å². The molecule has 0 radical (unpaired) electrons. The number of para-hydroxylation sites is 1. The largest absolute Gasteiger partial charge is 0.434 e. The molecule has 2 amide bonds. The molecule has 2 N–H and O–H groups in total. The van der Waals surface area contributed by atoms with Crippen molar-refractivity contribution in [1.82, 2.24) is 10.6 Å². The van der Waals surface area contributed by atoms with E-state index in [1.54, 1.807) is 0 Å². The van der Waals surface area contributed by atoms with Crippen molar-refractivity contribution in [2.45, 2.75) is 45.4 Å². The molecular weight excluding hydrogens is 358 g/mol. The molecule has 0 aromatic heterocycles. The summed E-state index contributed by atoms with van der Waals surface area (Å²) >= 11 is 0. The first-order valence-corrected chi connectivity index (χ1v) is 9.03.